The molecule has 0 amide bonds. The summed E-state index contributed by atoms with van der Waals surface area (Å²) >= 11 is 0. The third-order valence-corrected chi connectivity index (χ3v) is 1.80. The van der Waals surface area contributed by atoms with Gasteiger partial charge in [0, 0.05) is 0 Å². The van der Waals surface area contributed by atoms with Gasteiger partial charge in [0.05, 0.1) is 0 Å². The highest BCUT2D eigenvalue weighted by atomic mass is 16.4. The summed E-state index contributed by atoms with van der Waals surface area (Å²) in [5.74, 6) is -0.337. The Balaban J connectivity index is 2.79. The molecule has 0 aliphatic heterocycles. The number of rotatable bonds is 3. The average molecular weight is 189 g/mol. The Kier molecular flexibility index (Phi) is 3.61. The van der Waals surface area contributed by atoms with Gasteiger partial charge in [-0.1, -0.05) is 35.5 Å². The van der Waals surface area contributed by atoms with E-state index in [-0.39, 0.29) is 5.78 Å². The molecule has 1 N–H and O–H groups in total. The van der Waals surface area contributed by atoms with Gasteiger partial charge in [0.25, 0.3) is 0 Å². The Morgan fingerprint density at radius 2 is 2.14 bits per heavy atom. The molecule has 72 valence electrons. The normalized spacial score (nSPS) is 11.2. The number of nitrogens with zero attached hydrogens (tertiary/aromatic N) is 1. The molecule has 14 heavy (non-hydrogen) atoms. The number of hydrogen-bond acceptors (Lipinski definition) is 3. The second kappa shape index (κ2) is 4.97. The molecule has 0 fully saturated rings. The maximum atomic E-state index is 10.9. The number of ketones is 1. The molecular formula is C11H11NO2. The van der Waals surface area contributed by atoms with Crippen LogP contribution in [0, 0.1) is 6.92 Å². The number of carbonyl (C=O) groups excluding carboxylic acids is 1. The van der Waals surface area contributed by atoms with Crippen molar-refractivity contribution in [3.8, 4) is 0 Å². The Bertz CT molecular complexity index is 381. The van der Waals surface area contributed by atoms with Crippen molar-refractivity contribution >= 4 is 18.1 Å². The largest absolute Gasteiger partial charge is 0.411 e. The lowest BCUT2D eigenvalue weighted by atomic mass is 10.1. The maximum absolute atomic E-state index is 10.9. The number of aryl methyl sites for hydroxylation is 1. The first-order valence-electron chi connectivity index (χ1n) is 4.19. The zero-order valence-corrected chi connectivity index (χ0v) is 7.84. The molecule has 0 heterocycles. The van der Waals surface area contributed by atoms with Crippen molar-refractivity contribution in [1.29, 1.82) is 0 Å². The molecule has 0 atom stereocenters. The first kappa shape index (κ1) is 10.2. The van der Waals surface area contributed by atoms with E-state index in [2.05, 4.69) is 5.16 Å². The Morgan fingerprint density at radius 3 is 2.79 bits per heavy atom. The third kappa shape index (κ3) is 2.86. The molecule has 0 aromatic heterocycles. The van der Waals surface area contributed by atoms with Crippen molar-refractivity contribution in [1.82, 2.24) is 0 Å². The van der Waals surface area contributed by atoms with Crippen molar-refractivity contribution in [2.75, 3.05) is 0 Å². The van der Waals surface area contributed by atoms with Gasteiger partial charge in [-0.3, -0.25) is 4.79 Å². The zero-order chi connectivity index (χ0) is 10.4. The minimum absolute atomic E-state index is 0.337. The lowest BCUT2D eigenvalue weighted by molar-refractivity contribution is -0.108. The van der Waals surface area contributed by atoms with Crippen molar-refractivity contribution < 1.29 is 10.0 Å². The van der Waals surface area contributed by atoms with Gasteiger partial charge in [-0.2, -0.15) is 0 Å². The molecule has 0 saturated carbocycles. The van der Waals surface area contributed by atoms with Gasteiger partial charge in [-0.15, -0.1) is 0 Å². The van der Waals surface area contributed by atoms with Gasteiger partial charge in [0.2, 0.25) is 0 Å². The molecule has 0 radical (unpaired) electrons. The molecule has 3 nitrogen and oxygen atoms in total. The van der Waals surface area contributed by atoms with Crippen LogP contribution in [0.1, 0.15) is 11.1 Å². The van der Waals surface area contributed by atoms with E-state index in [1.54, 1.807) is 6.08 Å². The highest BCUT2D eigenvalue weighted by Gasteiger charge is 1.93. The number of hydrogen-bond donors (Lipinski definition) is 1. The van der Waals surface area contributed by atoms with E-state index in [0.717, 1.165) is 17.3 Å². The Hall–Kier alpha value is -1.90. The quantitative estimate of drug-likeness (QED) is 0.342. The lowest BCUT2D eigenvalue weighted by Gasteiger charge is -1.96. The first-order valence-corrected chi connectivity index (χ1v) is 4.19. The van der Waals surface area contributed by atoms with E-state index in [4.69, 9.17) is 5.21 Å². The van der Waals surface area contributed by atoms with Crippen LogP contribution in [0.4, 0.5) is 0 Å². The van der Waals surface area contributed by atoms with Crippen molar-refractivity contribution in [2.45, 2.75) is 6.92 Å². The van der Waals surface area contributed by atoms with Crippen LogP contribution < -0.4 is 0 Å². The lowest BCUT2D eigenvalue weighted by Crippen LogP contribution is -1.92. The van der Waals surface area contributed by atoms with Crippen LogP contribution in [0.15, 0.2) is 35.5 Å². The van der Waals surface area contributed by atoms with E-state index in [0.29, 0.717) is 0 Å². The molecule has 0 aliphatic carbocycles. The summed E-state index contributed by atoms with van der Waals surface area (Å²) in [4.78, 5) is 10.9. The highest BCUT2D eigenvalue weighted by molar-refractivity contribution is 6.33. The molecule has 0 aliphatic rings. The monoisotopic (exact) mass is 189 g/mol. The predicted octanol–water partition coefficient (Wildman–Crippen LogP) is 2.04. The number of carbonyl (C=O) groups is 1. The van der Waals surface area contributed by atoms with E-state index >= 15 is 0 Å². The van der Waals surface area contributed by atoms with Gasteiger partial charge in [-0.05, 0) is 24.1 Å². The minimum Gasteiger partial charge on any atom is -0.411 e. The van der Waals surface area contributed by atoms with E-state index < -0.39 is 0 Å². The minimum atomic E-state index is -0.337. The standard InChI is InChI=1S/C11H11NO2/c1-9-4-2-3-5-10(9)6-7-11(13)8-12-14/h2-8,14H,1H3. The SMILES string of the molecule is Cc1ccccc1C=CC(=O)C=NO. The first-order chi connectivity index (χ1) is 6.74. The van der Waals surface area contributed by atoms with Crippen LogP contribution in [0.5, 0.6) is 0 Å². The molecule has 0 spiro atoms. The third-order valence-electron chi connectivity index (χ3n) is 1.80. The van der Waals surface area contributed by atoms with Crippen LogP contribution in [0.25, 0.3) is 6.08 Å². The number of oxime groups is 1. The number of benzene rings is 1. The molecule has 3 heteroatoms. The van der Waals surface area contributed by atoms with Crippen LogP contribution in [0.3, 0.4) is 0 Å². The fourth-order valence-electron chi connectivity index (χ4n) is 1.05. The van der Waals surface area contributed by atoms with Crippen molar-refractivity contribution in [3.05, 3.63) is 41.5 Å². The van der Waals surface area contributed by atoms with Crippen LogP contribution >= 0.6 is 0 Å². The molecule has 1 aromatic rings. The summed E-state index contributed by atoms with van der Waals surface area (Å²) in [6, 6.07) is 7.71. The van der Waals surface area contributed by atoms with E-state index in [1.807, 2.05) is 31.2 Å². The second-order valence-electron chi connectivity index (χ2n) is 2.84. The highest BCUT2D eigenvalue weighted by Crippen LogP contribution is 2.08. The van der Waals surface area contributed by atoms with E-state index in [1.165, 1.54) is 6.08 Å². The molecular weight excluding hydrogens is 178 g/mol. The van der Waals surface area contributed by atoms with Gasteiger partial charge in [0.1, 0.15) is 6.21 Å². The van der Waals surface area contributed by atoms with Crippen LogP contribution in [-0.2, 0) is 4.79 Å². The maximum Gasteiger partial charge on any atom is 0.200 e. The van der Waals surface area contributed by atoms with Crippen LogP contribution in [-0.4, -0.2) is 17.2 Å². The topological polar surface area (TPSA) is 49.7 Å². The molecule has 1 aromatic carbocycles. The summed E-state index contributed by atoms with van der Waals surface area (Å²) in [7, 11) is 0. The average Bonchev–Trinajstić information content (AvgIpc) is 2.17. The summed E-state index contributed by atoms with van der Waals surface area (Å²) in [5.41, 5.74) is 2.07. The fraction of sp³-hybridized carbons (Fsp3) is 0.0909. The van der Waals surface area contributed by atoms with Gasteiger partial charge in [-0.25, -0.2) is 0 Å². The summed E-state index contributed by atoms with van der Waals surface area (Å²) in [6.45, 7) is 1.96. The van der Waals surface area contributed by atoms with Gasteiger partial charge >= 0.3 is 0 Å². The van der Waals surface area contributed by atoms with Gasteiger partial charge in [0.15, 0.2) is 5.78 Å². The molecule has 0 unspecified atom stereocenters. The zero-order valence-electron chi connectivity index (χ0n) is 7.84. The van der Waals surface area contributed by atoms with Crippen molar-refractivity contribution in [3.63, 3.8) is 0 Å². The Morgan fingerprint density at radius 1 is 1.43 bits per heavy atom. The summed E-state index contributed by atoms with van der Waals surface area (Å²) in [6.07, 6.45) is 3.91. The fourth-order valence-corrected chi connectivity index (χ4v) is 1.05. The van der Waals surface area contributed by atoms with E-state index in [9.17, 15) is 4.79 Å². The Labute approximate surface area is 82.4 Å². The second-order valence-corrected chi connectivity index (χ2v) is 2.84. The smallest absolute Gasteiger partial charge is 0.200 e. The molecule has 0 saturated heterocycles. The van der Waals surface area contributed by atoms with Gasteiger partial charge < -0.3 is 5.21 Å². The van der Waals surface area contributed by atoms with Crippen LogP contribution in [0.2, 0.25) is 0 Å². The summed E-state index contributed by atoms with van der Waals surface area (Å²) < 4.78 is 0. The number of allylic oxidation sites excluding steroid dienone is 1. The van der Waals surface area contributed by atoms with Crippen molar-refractivity contribution in [2.24, 2.45) is 5.16 Å². The molecule has 1 rings (SSSR count). The summed E-state index contributed by atoms with van der Waals surface area (Å²) in [5, 5.41) is 10.7. The predicted molar refractivity (Wildman–Crippen MR) is 55.5 cm³/mol. The molecule has 0 bridgehead atoms.